The van der Waals surface area contributed by atoms with E-state index in [1.54, 1.807) is 0 Å². The highest BCUT2D eigenvalue weighted by Crippen LogP contribution is 2.22. The Morgan fingerprint density at radius 3 is 2.84 bits per heavy atom. The summed E-state index contributed by atoms with van der Waals surface area (Å²) in [5.41, 5.74) is 2.48. The smallest absolute Gasteiger partial charge is 0.321 e. The summed E-state index contributed by atoms with van der Waals surface area (Å²) in [5.74, 6) is 1.55. The van der Waals surface area contributed by atoms with E-state index >= 15 is 0 Å². The predicted octanol–water partition coefficient (Wildman–Crippen LogP) is 4.83. The lowest BCUT2D eigenvalue weighted by atomic mass is 10.1. The maximum Gasteiger partial charge on any atom is 0.321 e. The summed E-state index contributed by atoms with van der Waals surface area (Å²) >= 11 is 1.48. The van der Waals surface area contributed by atoms with Crippen LogP contribution in [0.2, 0.25) is 0 Å². The molecular formula is C19H21N3O2S. The minimum Gasteiger partial charge on any atom is -0.464 e. The number of rotatable bonds is 5. The van der Waals surface area contributed by atoms with Crippen LogP contribution < -0.4 is 10.6 Å². The molecule has 0 radical (unpaired) electrons. The molecule has 3 rings (SSSR count). The SMILES string of the molecule is Cc1cccc(Cc2cnc(NC(=O)NC(C)c3ccc(C)o3)s2)c1. The van der Waals surface area contributed by atoms with Crippen molar-refractivity contribution in [1.29, 1.82) is 0 Å². The molecule has 0 aliphatic carbocycles. The lowest BCUT2D eigenvalue weighted by molar-refractivity contribution is 0.247. The van der Waals surface area contributed by atoms with E-state index in [0.29, 0.717) is 5.13 Å². The zero-order valence-electron chi connectivity index (χ0n) is 14.5. The van der Waals surface area contributed by atoms with Crippen LogP contribution in [0.1, 0.15) is 40.5 Å². The van der Waals surface area contributed by atoms with Gasteiger partial charge in [-0.1, -0.05) is 29.8 Å². The molecule has 0 aliphatic rings. The van der Waals surface area contributed by atoms with Crippen LogP contribution in [-0.2, 0) is 6.42 Å². The second kappa shape index (κ2) is 7.53. The Hall–Kier alpha value is -2.60. The van der Waals surface area contributed by atoms with Gasteiger partial charge >= 0.3 is 6.03 Å². The van der Waals surface area contributed by atoms with Crippen molar-refractivity contribution in [3.05, 3.63) is 70.1 Å². The molecule has 0 spiro atoms. The fraction of sp³-hybridized carbons (Fsp3) is 0.263. The largest absolute Gasteiger partial charge is 0.464 e. The first kappa shape index (κ1) is 17.2. The van der Waals surface area contributed by atoms with Crippen molar-refractivity contribution in [2.45, 2.75) is 33.2 Å². The minimum atomic E-state index is -0.294. The summed E-state index contributed by atoms with van der Waals surface area (Å²) in [6.07, 6.45) is 2.62. The molecule has 2 amide bonds. The van der Waals surface area contributed by atoms with Crippen LogP contribution in [0.4, 0.5) is 9.93 Å². The highest BCUT2D eigenvalue weighted by Gasteiger charge is 2.14. The third kappa shape index (κ3) is 4.70. The van der Waals surface area contributed by atoms with Gasteiger partial charge in [-0.05, 0) is 38.5 Å². The van der Waals surface area contributed by atoms with Crippen LogP contribution in [0.25, 0.3) is 0 Å². The van der Waals surface area contributed by atoms with Crippen LogP contribution >= 0.6 is 11.3 Å². The summed E-state index contributed by atoms with van der Waals surface area (Å²) in [6, 6.07) is 11.6. The van der Waals surface area contributed by atoms with Gasteiger partial charge in [-0.2, -0.15) is 0 Å². The molecule has 25 heavy (non-hydrogen) atoms. The fourth-order valence-electron chi connectivity index (χ4n) is 2.56. The molecule has 1 aromatic carbocycles. The first-order chi connectivity index (χ1) is 12.0. The number of nitrogens with zero attached hydrogens (tertiary/aromatic N) is 1. The lowest BCUT2D eigenvalue weighted by Gasteiger charge is -2.11. The van der Waals surface area contributed by atoms with Crippen LogP contribution in [-0.4, -0.2) is 11.0 Å². The summed E-state index contributed by atoms with van der Waals surface area (Å²) < 4.78 is 5.52. The van der Waals surface area contributed by atoms with Crippen LogP contribution in [0.3, 0.4) is 0 Å². The Labute approximate surface area is 151 Å². The topological polar surface area (TPSA) is 67.2 Å². The number of carbonyl (C=O) groups excluding carboxylic acids is 1. The Kier molecular flexibility index (Phi) is 5.19. The number of anilines is 1. The quantitative estimate of drug-likeness (QED) is 0.689. The van der Waals surface area contributed by atoms with Gasteiger partial charge in [0.2, 0.25) is 0 Å². The second-order valence-corrected chi connectivity index (χ2v) is 7.18. The van der Waals surface area contributed by atoms with E-state index < -0.39 is 0 Å². The van der Waals surface area contributed by atoms with E-state index in [2.05, 4.69) is 46.8 Å². The summed E-state index contributed by atoms with van der Waals surface area (Å²) in [7, 11) is 0. The van der Waals surface area contributed by atoms with E-state index in [0.717, 1.165) is 22.8 Å². The number of aryl methyl sites for hydroxylation is 2. The Morgan fingerprint density at radius 2 is 2.12 bits per heavy atom. The van der Waals surface area contributed by atoms with Gasteiger partial charge in [0.25, 0.3) is 0 Å². The maximum absolute atomic E-state index is 12.1. The number of carbonyl (C=O) groups is 1. The van der Waals surface area contributed by atoms with Crippen molar-refractivity contribution >= 4 is 22.5 Å². The minimum absolute atomic E-state index is 0.208. The summed E-state index contributed by atoms with van der Waals surface area (Å²) in [6.45, 7) is 5.83. The number of amides is 2. The molecule has 6 heteroatoms. The van der Waals surface area contributed by atoms with Gasteiger partial charge < -0.3 is 9.73 Å². The van der Waals surface area contributed by atoms with Crippen molar-refractivity contribution < 1.29 is 9.21 Å². The van der Waals surface area contributed by atoms with Crippen molar-refractivity contribution in [3.63, 3.8) is 0 Å². The highest BCUT2D eigenvalue weighted by atomic mass is 32.1. The molecule has 0 fully saturated rings. The molecular weight excluding hydrogens is 334 g/mol. The second-order valence-electron chi connectivity index (χ2n) is 6.07. The van der Waals surface area contributed by atoms with E-state index in [1.807, 2.05) is 32.2 Å². The van der Waals surface area contributed by atoms with Gasteiger partial charge in [-0.15, -0.1) is 11.3 Å². The molecule has 2 aromatic heterocycles. The number of nitrogens with one attached hydrogen (secondary N) is 2. The maximum atomic E-state index is 12.1. The normalized spacial score (nSPS) is 12.0. The van der Waals surface area contributed by atoms with Crippen molar-refractivity contribution in [3.8, 4) is 0 Å². The van der Waals surface area contributed by atoms with Crippen molar-refractivity contribution in [2.24, 2.45) is 0 Å². The standard InChI is InChI=1S/C19H21N3O2S/c1-12-5-4-6-15(9-12)10-16-11-20-19(25-16)22-18(23)21-14(3)17-8-7-13(2)24-17/h4-9,11,14H,10H2,1-3H3,(H2,20,21,22,23). The summed E-state index contributed by atoms with van der Waals surface area (Å²) in [5, 5.41) is 6.22. The molecule has 5 nitrogen and oxygen atoms in total. The van der Waals surface area contributed by atoms with E-state index in [-0.39, 0.29) is 12.1 Å². The molecule has 1 unspecified atom stereocenters. The summed E-state index contributed by atoms with van der Waals surface area (Å²) in [4.78, 5) is 17.5. The zero-order valence-corrected chi connectivity index (χ0v) is 15.3. The van der Waals surface area contributed by atoms with Crippen LogP contribution in [0, 0.1) is 13.8 Å². The molecule has 0 saturated carbocycles. The number of aromatic nitrogens is 1. The number of thiazole rings is 1. The third-order valence-corrected chi connectivity index (χ3v) is 4.68. The number of benzene rings is 1. The molecule has 0 bridgehead atoms. The molecule has 1 atom stereocenters. The fourth-order valence-corrected chi connectivity index (χ4v) is 3.40. The molecule has 2 N–H and O–H groups in total. The first-order valence-corrected chi connectivity index (χ1v) is 8.95. The predicted molar refractivity (Wildman–Crippen MR) is 100 cm³/mol. The van der Waals surface area contributed by atoms with E-state index in [9.17, 15) is 4.79 Å². The van der Waals surface area contributed by atoms with Crippen LogP contribution in [0.15, 0.2) is 47.0 Å². The number of hydrogen-bond acceptors (Lipinski definition) is 4. The number of furan rings is 1. The van der Waals surface area contributed by atoms with Crippen LogP contribution in [0.5, 0.6) is 0 Å². The van der Waals surface area contributed by atoms with Gasteiger partial charge in [0.1, 0.15) is 11.5 Å². The lowest BCUT2D eigenvalue weighted by Crippen LogP contribution is -2.30. The average molecular weight is 355 g/mol. The highest BCUT2D eigenvalue weighted by molar-refractivity contribution is 7.15. The van der Waals surface area contributed by atoms with Crippen molar-refractivity contribution in [1.82, 2.24) is 10.3 Å². The van der Waals surface area contributed by atoms with Gasteiger partial charge in [0, 0.05) is 17.5 Å². The Balaban J connectivity index is 1.56. The molecule has 0 aliphatic heterocycles. The zero-order chi connectivity index (χ0) is 17.8. The average Bonchev–Trinajstić information content (AvgIpc) is 3.16. The molecule has 2 heterocycles. The number of hydrogen-bond donors (Lipinski definition) is 2. The Morgan fingerprint density at radius 1 is 1.28 bits per heavy atom. The van der Waals surface area contributed by atoms with Gasteiger partial charge in [0.15, 0.2) is 5.13 Å². The first-order valence-electron chi connectivity index (χ1n) is 8.13. The van der Waals surface area contributed by atoms with Gasteiger partial charge in [-0.3, -0.25) is 5.32 Å². The number of urea groups is 1. The molecule has 0 saturated heterocycles. The van der Waals surface area contributed by atoms with E-state index in [1.165, 1.54) is 22.5 Å². The monoisotopic (exact) mass is 355 g/mol. The van der Waals surface area contributed by atoms with Crippen molar-refractivity contribution in [2.75, 3.05) is 5.32 Å². The molecule has 3 aromatic rings. The Bertz CT molecular complexity index is 869. The van der Waals surface area contributed by atoms with Gasteiger partial charge in [0.05, 0.1) is 6.04 Å². The molecule has 130 valence electrons. The third-order valence-electron chi connectivity index (χ3n) is 3.77. The van der Waals surface area contributed by atoms with E-state index in [4.69, 9.17) is 4.42 Å². The van der Waals surface area contributed by atoms with Gasteiger partial charge in [-0.25, -0.2) is 9.78 Å².